The molecule has 2 heterocycles. The van der Waals surface area contributed by atoms with Gasteiger partial charge in [-0.05, 0) is 31.4 Å². The first-order valence-electron chi connectivity index (χ1n) is 4.82. The van der Waals surface area contributed by atoms with Crippen molar-refractivity contribution in [3.05, 3.63) is 21.3 Å². The van der Waals surface area contributed by atoms with E-state index in [1.54, 1.807) is 6.07 Å². The average Bonchev–Trinajstić information content (AvgIpc) is 2.65. The van der Waals surface area contributed by atoms with Crippen LogP contribution >= 0.6 is 22.9 Å². The first-order chi connectivity index (χ1) is 6.77. The lowest BCUT2D eigenvalue weighted by Crippen LogP contribution is -2.35. The zero-order valence-electron chi connectivity index (χ0n) is 7.83. The lowest BCUT2D eigenvalue weighted by molar-refractivity contribution is 0.0729. The molecule has 1 fully saturated rings. The van der Waals surface area contributed by atoms with Crippen LogP contribution < -0.4 is 0 Å². The van der Waals surface area contributed by atoms with Crippen LogP contribution in [0.4, 0.5) is 0 Å². The summed E-state index contributed by atoms with van der Waals surface area (Å²) in [6, 6.07) is 3.59. The molecule has 0 atom stereocenters. The van der Waals surface area contributed by atoms with Crippen LogP contribution in [-0.4, -0.2) is 23.9 Å². The highest BCUT2D eigenvalue weighted by atomic mass is 35.5. The molecule has 0 N–H and O–H groups in total. The van der Waals surface area contributed by atoms with E-state index in [2.05, 4.69) is 0 Å². The second kappa shape index (κ2) is 4.32. The number of piperidine rings is 1. The highest BCUT2D eigenvalue weighted by molar-refractivity contribution is 7.17. The maximum Gasteiger partial charge on any atom is 0.263 e. The van der Waals surface area contributed by atoms with Crippen molar-refractivity contribution in [3.63, 3.8) is 0 Å². The fourth-order valence-corrected chi connectivity index (χ4v) is 2.69. The summed E-state index contributed by atoms with van der Waals surface area (Å²) in [5.41, 5.74) is 0. The van der Waals surface area contributed by atoms with Gasteiger partial charge in [0.1, 0.15) is 0 Å². The normalized spacial score (nSPS) is 17.1. The molecule has 14 heavy (non-hydrogen) atoms. The summed E-state index contributed by atoms with van der Waals surface area (Å²) in [6.07, 6.45) is 3.50. The third-order valence-corrected chi connectivity index (χ3v) is 3.65. The zero-order valence-corrected chi connectivity index (χ0v) is 9.40. The topological polar surface area (TPSA) is 20.3 Å². The molecule has 1 aromatic rings. The van der Waals surface area contributed by atoms with Crippen LogP contribution in [-0.2, 0) is 0 Å². The van der Waals surface area contributed by atoms with Gasteiger partial charge >= 0.3 is 0 Å². The Hall–Kier alpha value is -0.540. The van der Waals surface area contributed by atoms with Gasteiger partial charge in [0, 0.05) is 13.1 Å². The van der Waals surface area contributed by atoms with Gasteiger partial charge < -0.3 is 4.90 Å². The van der Waals surface area contributed by atoms with Crippen molar-refractivity contribution < 1.29 is 4.79 Å². The number of hydrogen-bond acceptors (Lipinski definition) is 2. The van der Waals surface area contributed by atoms with Crippen LogP contribution in [0.5, 0.6) is 0 Å². The number of amides is 1. The molecule has 0 saturated carbocycles. The minimum Gasteiger partial charge on any atom is -0.338 e. The Morgan fingerprint density at radius 2 is 2.00 bits per heavy atom. The van der Waals surface area contributed by atoms with E-state index < -0.39 is 0 Å². The van der Waals surface area contributed by atoms with Crippen LogP contribution in [0.3, 0.4) is 0 Å². The van der Waals surface area contributed by atoms with Crippen molar-refractivity contribution in [1.29, 1.82) is 0 Å². The highest BCUT2D eigenvalue weighted by Crippen LogP contribution is 2.23. The summed E-state index contributed by atoms with van der Waals surface area (Å²) in [5.74, 6) is 0.140. The van der Waals surface area contributed by atoms with Crippen LogP contribution in [0.15, 0.2) is 12.1 Å². The lowest BCUT2D eigenvalue weighted by atomic mass is 10.1. The second-order valence-corrected chi connectivity index (χ2v) is 5.17. The smallest absolute Gasteiger partial charge is 0.263 e. The van der Waals surface area contributed by atoms with Gasteiger partial charge in [-0.2, -0.15) is 0 Å². The number of halogens is 1. The maximum absolute atomic E-state index is 11.9. The van der Waals surface area contributed by atoms with E-state index in [1.165, 1.54) is 17.8 Å². The molecule has 1 amide bonds. The number of carbonyl (C=O) groups excluding carboxylic acids is 1. The number of hydrogen-bond donors (Lipinski definition) is 0. The predicted octanol–water partition coefficient (Wildman–Crippen LogP) is 3.03. The zero-order chi connectivity index (χ0) is 9.97. The molecule has 4 heteroatoms. The van der Waals surface area contributed by atoms with Gasteiger partial charge in [-0.1, -0.05) is 11.6 Å². The van der Waals surface area contributed by atoms with E-state index in [-0.39, 0.29) is 5.91 Å². The van der Waals surface area contributed by atoms with Crippen molar-refractivity contribution in [1.82, 2.24) is 4.90 Å². The monoisotopic (exact) mass is 229 g/mol. The molecule has 1 saturated heterocycles. The van der Waals surface area contributed by atoms with Gasteiger partial charge in [0.25, 0.3) is 5.91 Å². The van der Waals surface area contributed by atoms with E-state index in [4.69, 9.17) is 11.6 Å². The molecule has 1 aromatic heterocycles. The summed E-state index contributed by atoms with van der Waals surface area (Å²) in [7, 11) is 0. The first kappa shape index (κ1) is 9.99. The van der Waals surface area contributed by atoms with Crippen LogP contribution in [0.25, 0.3) is 0 Å². The number of likely N-dealkylation sites (tertiary alicyclic amines) is 1. The van der Waals surface area contributed by atoms with Gasteiger partial charge in [-0.25, -0.2) is 0 Å². The number of thiophene rings is 1. The van der Waals surface area contributed by atoms with Gasteiger partial charge in [0.2, 0.25) is 0 Å². The van der Waals surface area contributed by atoms with Gasteiger partial charge in [-0.15, -0.1) is 11.3 Å². The molecule has 0 bridgehead atoms. The molecule has 1 aliphatic heterocycles. The van der Waals surface area contributed by atoms with E-state index in [0.717, 1.165) is 30.8 Å². The molecule has 2 nitrogen and oxygen atoms in total. The molecular formula is C10H12ClNOS. The molecule has 0 aromatic carbocycles. The average molecular weight is 230 g/mol. The SMILES string of the molecule is O=C(c1ccc(Cl)s1)N1CCCCC1. The van der Waals surface area contributed by atoms with Gasteiger partial charge in [0.15, 0.2) is 0 Å². The summed E-state index contributed by atoms with van der Waals surface area (Å²) in [4.78, 5) is 14.6. The van der Waals surface area contributed by atoms with Crippen LogP contribution in [0.2, 0.25) is 4.34 Å². The molecule has 76 valence electrons. The Balaban J connectivity index is 2.07. The van der Waals surface area contributed by atoms with Crippen molar-refractivity contribution in [3.8, 4) is 0 Å². The minimum absolute atomic E-state index is 0.140. The largest absolute Gasteiger partial charge is 0.338 e. The lowest BCUT2D eigenvalue weighted by Gasteiger charge is -2.26. The Bertz CT molecular complexity index is 331. The summed E-state index contributed by atoms with van der Waals surface area (Å²) in [5, 5.41) is 0. The maximum atomic E-state index is 11.9. The van der Waals surface area contributed by atoms with E-state index >= 15 is 0 Å². The first-order valence-corrected chi connectivity index (χ1v) is 6.01. The number of rotatable bonds is 1. The fourth-order valence-electron chi connectivity index (χ4n) is 1.68. The fraction of sp³-hybridized carbons (Fsp3) is 0.500. The third-order valence-electron chi connectivity index (χ3n) is 2.43. The Morgan fingerprint density at radius 1 is 1.29 bits per heavy atom. The standard InChI is InChI=1S/C10H12ClNOS/c11-9-5-4-8(14-9)10(13)12-6-2-1-3-7-12/h4-5H,1-3,6-7H2. The van der Waals surface area contributed by atoms with Crippen molar-refractivity contribution in [2.45, 2.75) is 19.3 Å². The van der Waals surface area contributed by atoms with Gasteiger partial charge in [-0.3, -0.25) is 4.79 Å². The molecule has 0 unspecified atom stereocenters. The summed E-state index contributed by atoms with van der Waals surface area (Å²) < 4.78 is 0.686. The highest BCUT2D eigenvalue weighted by Gasteiger charge is 2.19. The molecule has 1 aliphatic rings. The van der Waals surface area contributed by atoms with Crippen LogP contribution in [0.1, 0.15) is 28.9 Å². The van der Waals surface area contributed by atoms with Crippen molar-refractivity contribution in [2.75, 3.05) is 13.1 Å². The molecular weight excluding hydrogens is 218 g/mol. The minimum atomic E-state index is 0.140. The Kier molecular flexibility index (Phi) is 3.08. The predicted molar refractivity (Wildman–Crippen MR) is 59.1 cm³/mol. The van der Waals surface area contributed by atoms with Crippen molar-refractivity contribution >= 4 is 28.8 Å². The van der Waals surface area contributed by atoms with Crippen LogP contribution in [0, 0.1) is 0 Å². The second-order valence-electron chi connectivity index (χ2n) is 3.46. The third kappa shape index (κ3) is 2.10. The Morgan fingerprint density at radius 3 is 2.57 bits per heavy atom. The van der Waals surface area contributed by atoms with E-state index in [1.807, 2.05) is 11.0 Å². The van der Waals surface area contributed by atoms with Crippen molar-refractivity contribution in [2.24, 2.45) is 0 Å². The Labute approximate surface area is 92.5 Å². The van der Waals surface area contributed by atoms with E-state index in [0.29, 0.717) is 4.34 Å². The summed E-state index contributed by atoms with van der Waals surface area (Å²) in [6.45, 7) is 1.79. The number of carbonyl (C=O) groups is 1. The summed E-state index contributed by atoms with van der Waals surface area (Å²) >= 11 is 7.15. The molecule has 0 spiro atoms. The van der Waals surface area contributed by atoms with E-state index in [9.17, 15) is 4.79 Å². The number of nitrogens with zero attached hydrogens (tertiary/aromatic N) is 1. The quantitative estimate of drug-likeness (QED) is 0.725. The molecule has 0 aliphatic carbocycles. The van der Waals surface area contributed by atoms with Gasteiger partial charge in [0.05, 0.1) is 9.21 Å². The molecule has 0 radical (unpaired) electrons. The molecule has 2 rings (SSSR count).